The number of hydrogen-bond acceptors (Lipinski definition) is 3. The molecule has 0 aliphatic carbocycles. The zero-order chi connectivity index (χ0) is 15.5. The van der Waals surface area contributed by atoms with E-state index in [0.29, 0.717) is 11.1 Å². The molecule has 0 saturated heterocycles. The van der Waals surface area contributed by atoms with E-state index in [1.165, 1.54) is 25.4 Å². The van der Waals surface area contributed by atoms with E-state index in [9.17, 15) is 18.0 Å². The summed E-state index contributed by atoms with van der Waals surface area (Å²) in [5, 5.41) is 0. The van der Waals surface area contributed by atoms with E-state index in [2.05, 4.69) is 9.72 Å². The van der Waals surface area contributed by atoms with Crippen molar-refractivity contribution in [2.45, 2.75) is 13.1 Å². The fourth-order valence-electron chi connectivity index (χ4n) is 1.89. The van der Waals surface area contributed by atoms with Gasteiger partial charge in [-0.15, -0.1) is 0 Å². The average molecular weight is 295 g/mol. The topological polar surface area (TPSA) is 39.2 Å². The molecule has 0 aliphatic rings. The lowest BCUT2D eigenvalue weighted by molar-refractivity contribution is -0.138. The smallest absolute Gasteiger partial charge is 0.417 e. The van der Waals surface area contributed by atoms with Crippen LogP contribution in [0.3, 0.4) is 0 Å². The highest BCUT2D eigenvalue weighted by Gasteiger charge is 2.36. The molecule has 0 aliphatic heterocycles. The van der Waals surface area contributed by atoms with Gasteiger partial charge in [0, 0.05) is 12.4 Å². The number of pyridine rings is 1. The van der Waals surface area contributed by atoms with Crippen molar-refractivity contribution in [3.63, 3.8) is 0 Å². The molecule has 0 spiro atoms. The molecule has 0 amide bonds. The minimum Gasteiger partial charge on any atom is -0.462 e. The molecule has 6 heteroatoms. The Kier molecular flexibility index (Phi) is 4.26. The van der Waals surface area contributed by atoms with Crippen molar-refractivity contribution in [1.82, 2.24) is 4.98 Å². The highest BCUT2D eigenvalue weighted by Crippen LogP contribution is 2.35. The van der Waals surface area contributed by atoms with E-state index in [-0.39, 0.29) is 6.61 Å². The highest BCUT2D eigenvalue weighted by molar-refractivity contribution is 5.92. The number of nitrogens with zero attached hydrogens (tertiary/aromatic N) is 1. The Bertz CT molecular complexity index is 639. The molecule has 0 bridgehead atoms. The van der Waals surface area contributed by atoms with Gasteiger partial charge in [0.2, 0.25) is 0 Å². The SMILES string of the molecule is CCOC(=O)c1ccc(-c2ccncc2)cc1C(F)(F)F. The number of aromatic nitrogens is 1. The lowest BCUT2D eigenvalue weighted by Crippen LogP contribution is -2.15. The van der Waals surface area contributed by atoms with Gasteiger partial charge in [-0.3, -0.25) is 4.98 Å². The molecule has 110 valence electrons. The van der Waals surface area contributed by atoms with Crippen LogP contribution in [0.15, 0.2) is 42.7 Å². The van der Waals surface area contributed by atoms with E-state index < -0.39 is 23.3 Å². The lowest BCUT2D eigenvalue weighted by atomic mass is 9.99. The first-order chi connectivity index (χ1) is 9.93. The maximum Gasteiger partial charge on any atom is 0.417 e. The third-order valence-corrected chi connectivity index (χ3v) is 2.83. The van der Waals surface area contributed by atoms with Gasteiger partial charge in [0.1, 0.15) is 0 Å². The average Bonchev–Trinajstić information content (AvgIpc) is 2.47. The van der Waals surface area contributed by atoms with Gasteiger partial charge in [0.15, 0.2) is 0 Å². The van der Waals surface area contributed by atoms with E-state index in [4.69, 9.17) is 0 Å². The van der Waals surface area contributed by atoms with E-state index >= 15 is 0 Å². The Balaban J connectivity index is 2.53. The largest absolute Gasteiger partial charge is 0.462 e. The van der Waals surface area contributed by atoms with Gasteiger partial charge in [-0.1, -0.05) is 6.07 Å². The van der Waals surface area contributed by atoms with Crippen LogP contribution < -0.4 is 0 Å². The van der Waals surface area contributed by atoms with Gasteiger partial charge in [-0.25, -0.2) is 4.79 Å². The molecule has 0 radical (unpaired) electrons. The van der Waals surface area contributed by atoms with Crippen molar-refractivity contribution < 1.29 is 22.7 Å². The fourth-order valence-corrected chi connectivity index (χ4v) is 1.89. The first kappa shape index (κ1) is 15.0. The number of rotatable bonds is 3. The quantitative estimate of drug-likeness (QED) is 0.805. The Morgan fingerprint density at radius 2 is 1.81 bits per heavy atom. The van der Waals surface area contributed by atoms with Gasteiger partial charge >= 0.3 is 12.1 Å². The molecule has 2 rings (SSSR count). The van der Waals surface area contributed by atoms with Gasteiger partial charge in [0.05, 0.1) is 17.7 Å². The second-order valence-electron chi connectivity index (χ2n) is 4.21. The van der Waals surface area contributed by atoms with E-state index in [1.807, 2.05) is 0 Å². The zero-order valence-electron chi connectivity index (χ0n) is 11.1. The Morgan fingerprint density at radius 1 is 1.14 bits per heavy atom. The summed E-state index contributed by atoms with van der Waals surface area (Å²) in [6.45, 7) is 1.55. The van der Waals surface area contributed by atoms with Gasteiger partial charge in [-0.05, 0) is 42.3 Å². The molecule has 0 unspecified atom stereocenters. The van der Waals surface area contributed by atoms with Crippen molar-refractivity contribution in [3.05, 3.63) is 53.9 Å². The van der Waals surface area contributed by atoms with Crippen LogP contribution in [0.1, 0.15) is 22.8 Å². The maximum atomic E-state index is 13.1. The van der Waals surface area contributed by atoms with Crippen molar-refractivity contribution >= 4 is 5.97 Å². The number of ether oxygens (including phenoxy) is 1. The van der Waals surface area contributed by atoms with Crippen molar-refractivity contribution in [2.75, 3.05) is 6.61 Å². The van der Waals surface area contributed by atoms with E-state index in [0.717, 1.165) is 12.1 Å². The van der Waals surface area contributed by atoms with E-state index in [1.54, 1.807) is 12.1 Å². The number of esters is 1. The third-order valence-electron chi connectivity index (χ3n) is 2.83. The van der Waals surface area contributed by atoms with Gasteiger partial charge < -0.3 is 4.74 Å². The first-order valence-electron chi connectivity index (χ1n) is 6.22. The Hall–Kier alpha value is -2.37. The molecular formula is C15H12F3NO2. The molecule has 1 aromatic carbocycles. The highest BCUT2D eigenvalue weighted by atomic mass is 19.4. The van der Waals surface area contributed by atoms with Crippen LogP contribution in [-0.4, -0.2) is 17.6 Å². The summed E-state index contributed by atoms with van der Waals surface area (Å²) in [7, 11) is 0. The molecular weight excluding hydrogens is 283 g/mol. The van der Waals surface area contributed by atoms with Crippen molar-refractivity contribution in [1.29, 1.82) is 0 Å². The minimum absolute atomic E-state index is 0.0161. The van der Waals surface area contributed by atoms with Crippen LogP contribution in [0.4, 0.5) is 13.2 Å². The second-order valence-corrected chi connectivity index (χ2v) is 4.21. The summed E-state index contributed by atoms with van der Waals surface area (Å²) < 4.78 is 44.0. The minimum atomic E-state index is -4.63. The predicted molar refractivity (Wildman–Crippen MR) is 70.6 cm³/mol. The van der Waals surface area contributed by atoms with Gasteiger partial charge in [-0.2, -0.15) is 13.2 Å². The van der Waals surface area contributed by atoms with Crippen LogP contribution in [0.25, 0.3) is 11.1 Å². The number of benzene rings is 1. The first-order valence-corrected chi connectivity index (χ1v) is 6.22. The van der Waals surface area contributed by atoms with Crippen LogP contribution >= 0.6 is 0 Å². The number of alkyl halides is 3. The van der Waals surface area contributed by atoms with Gasteiger partial charge in [0.25, 0.3) is 0 Å². The lowest BCUT2D eigenvalue weighted by Gasteiger charge is -2.13. The normalized spacial score (nSPS) is 11.2. The molecule has 1 aromatic heterocycles. The summed E-state index contributed by atoms with van der Waals surface area (Å²) in [4.78, 5) is 15.4. The number of carbonyl (C=O) groups is 1. The number of hydrogen-bond donors (Lipinski definition) is 0. The van der Waals surface area contributed by atoms with Crippen LogP contribution in [-0.2, 0) is 10.9 Å². The Morgan fingerprint density at radius 3 is 2.38 bits per heavy atom. The molecule has 0 fully saturated rings. The van der Waals surface area contributed by atoms with Crippen molar-refractivity contribution in [3.8, 4) is 11.1 Å². The molecule has 21 heavy (non-hydrogen) atoms. The summed E-state index contributed by atoms with van der Waals surface area (Å²) in [6, 6.07) is 6.73. The summed E-state index contributed by atoms with van der Waals surface area (Å²) in [5.74, 6) is -0.980. The number of halogens is 3. The number of carbonyl (C=O) groups excluding carboxylic acids is 1. The maximum absolute atomic E-state index is 13.1. The second kappa shape index (κ2) is 5.95. The summed E-state index contributed by atoms with van der Waals surface area (Å²) in [5.41, 5.74) is -0.541. The van der Waals surface area contributed by atoms with Crippen LogP contribution in [0, 0.1) is 0 Å². The molecule has 0 N–H and O–H groups in total. The van der Waals surface area contributed by atoms with Crippen LogP contribution in [0.2, 0.25) is 0 Å². The zero-order valence-corrected chi connectivity index (χ0v) is 11.1. The summed E-state index contributed by atoms with van der Waals surface area (Å²) >= 11 is 0. The summed E-state index contributed by atoms with van der Waals surface area (Å²) in [6.07, 6.45) is -1.66. The van der Waals surface area contributed by atoms with Crippen molar-refractivity contribution in [2.24, 2.45) is 0 Å². The molecule has 2 aromatic rings. The monoisotopic (exact) mass is 295 g/mol. The van der Waals surface area contributed by atoms with Crippen LogP contribution in [0.5, 0.6) is 0 Å². The molecule has 0 saturated carbocycles. The third kappa shape index (κ3) is 3.39. The predicted octanol–water partition coefficient (Wildman–Crippen LogP) is 3.94. The molecule has 0 atom stereocenters. The molecule has 3 nitrogen and oxygen atoms in total. The molecule has 1 heterocycles. The fraction of sp³-hybridized carbons (Fsp3) is 0.200. The Labute approximate surface area is 119 Å². The standard InChI is InChI=1S/C15H12F3NO2/c1-2-21-14(20)12-4-3-11(9-13(12)15(16,17)18)10-5-7-19-8-6-10/h3-9H,2H2,1H3.